The van der Waals surface area contributed by atoms with Gasteiger partial charge >= 0.3 is 5.97 Å². The van der Waals surface area contributed by atoms with Crippen molar-refractivity contribution in [2.45, 2.75) is 34.1 Å². The summed E-state index contributed by atoms with van der Waals surface area (Å²) in [4.78, 5) is 22.7. The second kappa shape index (κ2) is 7.07. The second-order valence-corrected chi connectivity index (χ2v) is 5.94. The first-order chi connectivity index (χ1) is 9.75. The summed E-state index contributed by atoms with van der Waals surface area (Å²) in [5, 5.41) is 11.6. The first-order valence-electron chi connectivity index (χ1n) is 7.05. The fourth-order valence-corrected chi connectivity index (χ4v) is 1.67. The molecule has 0 aliphatic rings. The smallest absolute Gasteiger partial charge is 0.328 e. The highest BCUT2D eigenvalue weighted by Crippen LogP contribution is 2.18. The van der Waals surface area contributed by atoms with Gasteiger partial charge in [0.25, 0.3) is 5.91 Å². The number of aryl methyl sites for hydroxylation is 1. The third-order valence-electron chi connectivity index (χ3n) is 3.63. The number of carboxylic acid groups (broad SMARTS) is 1. The average Bonchev–Trinajstić information content (AvgIpc) is 2.44. The lowest BCUT2D eigenvalue weighted by molar-refractivity contribution is -0.131. The Labute approximate surface area is 125 Å². The van der Waals surface area contributed by atoms with Crippen LogP contribution in [0.25, 0.3) is 6.08 Å². The number of rotatable bonds is 6. The highest BCUT2D eigenvalue weighted by molar-refractivity contribution is 5.95. The van der Waals surface area contributed by atoms with Crippen LogP contribution in [0, 0.1) is 12.3 Å². The average molecular weight is 289 g/mol. The predicted octanol–water partition coefficient (Wildman–Crippen LogP) is 3.26. The van der Waals surface area contributed by atoms with Crippen molar-refractivity contribution in [3.8, 4) is 0 Å². The van der Waals surface area contributed by atoms with Crippen molar-refractivity contribution in [1.82, 2.24) is 5.32 Å². The number of amides is 1. The SMILES string of the molecule is CCC(C)(C)CNC(=O)c1ccc(C)c(/C=C/C(=O)O)c1. The monoisotopic (exact) mass is 289 g/mol. The lowest BCUT2D eigenvalue weighted by Crippen LogP contribution is -2.33. The Kier molecular flexibility index (Phi) is 5.70. The molecule has 0 aromatic heterocycles. The quantitative estimate of drug-likeness (QED) is 0.790. The number of carbonyl (C=O) groups is 2. The van der Waals surface area contributed by atoms with Crippen LogP contribution in [0.2, 0.25) is 0 Å². The van der Waals surface area contributed by atoms with Gasteiger partial charge in [0.2, 0.25) is 0 Å². The minimum atomic E-state index is -1.01. The molecule has 1 aromatic carbocycles. The van der Waals surface area contributed by atoms with Gasteiger partial charge in [-0.05, 0) is 48.1 Å². The summed E-state index contributed by atoms with van der Waals surface area (Å²) in [6.45, 7) is 8.78. The number of nitrogens with one attached hydrogen (secondary N) is 1. The van der Waals surface area contributed by atoms with Crippen LogP contribution in [-0.4, -0.2) is 23.5 Å². The van der Waals surface area contributed by atoms with E-state index >= 15 is 0 Å². The third-order valence-corrected chi connectivity index (χ3v) is 3.63. The maximum atomic E-state index is 12.2. The standard InChI is InChI=1S/C17H23NO3/c1-5-17(3,4)11-18-16(21)14-7-6-12(2)13(10-14)8-9-15(19)20/h6-10H,5,11H2,1-4H3,(H,18,21)(H,19,20)/b9-8+. The van der Waals surface area contributed by atoms with Crippen LogP contribution in [0.3, 0.4) is 0 Å². The number of carboxylic acids is 1. The maximum Gasteiger partial charge on any atom is 0.328 e. The lowest BCUT2D eigenvalue weighted by Gasteiger charge is -2.22. The summed E-state index contributed by atoms with van der Waals surface area (Å²) in [6.07, 6.45) is 3.56. The first-order valence-corrected chi connectivity index (χ1v) is 7.05. The molecular formula is C17H23NO3. The summed E-state index contributed by atoms with van der Waals surface area (Å²) in [5.74, 6) is -1.14. The first kappa shape index (κ1) is 17.0. The van der Waals surface area contributed by atoms with E-state index in [-0.39, 0.29) is 11.3 Å². The van der Waals surface area contributed by atoms with Gasteiger partial charge in [0, 0.05) is 18.2 Å². The molecule has 1 aromatic rings. The zero-order valence-electron chi connectivity index (χ0n) is 13.1. The molecule has 2 N–H and O–H groups in total. The van der Waals surface area contributed by atoms with E-state index in [2.05, 4.69) is 26.1 Å². The largest absolute Gasteiger partial charge is 0.478 e. The number of hydrogen-bond acceptors (Lipinski definition) is 2. The molecule has 0 radical (unpaired) electrons. The van der Waals surface area contributed by atoms with E-state index in [0.29, 0.717) is 12.1 Å². The summed E-state index contributed by atoms with van der Waals surface area (Å²) in [7, 11) is 0. The lowest BCUT2D eigenvalue weighted by atomic mass is 9.90. The van der Waals surface area contributed by atoms with Crippen molar-refractivity contribution in [3.05, 3.63) is 41.0 Å². The van der Waals surface area contributed by atoms with Crippen LogP contribution < -0.4 is 5.32 Å². The van der Waals surface area contributed by atoms with E-state index in [4.69, 9.17) is 5.11 Å². The Morgan fingerprint density at radius 3 is 2.57 bits per heavy atom. The van der Waals surface area contributed by atoms with Gasteiger partial charge in [-0.1, -0.05) is 26.8 Å². The number of hydrogen-bond donors (Lipinski definition) is 2. The summed E-state index contributed by atoms with van der Waals surface area (Å²) in [6, 6.07) is 5.28. The molecule has 0 unspecified atom stereocenters. The Hall–Kier alpha value is -2.10. The molecule has 0 bridgehead atoms. The van der Waals surface area contributed by atoms with E-state index in [0.717, 1.165) is 23.6 Å². The zero-order chi connectivity index (χ0) is 16.0. The summed E-state index contributed by atoms with van der Waals surface area (Å²) in [5.41, 5.74) is 2.27. The molecule has 114 valence electrons. The molecule has 0 fully saturated rings. The van der Waals surface area contributed by atoms with Crippen LogP contribution in [0.4, 0.5) is 0 Å². The van der Waals surface area contributed by atoms with Crippen molar-refractivity contribution in [2.24, 2.45) is 5.41 Å². The normalized spacial score (nSPS) is 11.6. The second-order valence-electron chi connectivity index (χ2n) is 5.94. The highest BCUT2D eigenvalue weighted by Gasteiger charge is 2.16. The van der Waals surface area contributed by atoms with Crippen LogP contribution >= 0.6 is 0 Å². The summed E-state index contributed by atoms with van der Waals surface area (Å²) < 4.78 is 0. The van der Waals surface area contributed by atoms with E-state index in [1.54, 1.807) is 12.1 Å². The molecule has 0 saturated heterocycles. The molecule has 4 heteroatoms. The fourth-order valence-electron chi connectivity index (χ4n) is 1.67. The molecule has 0 atom stereocenters. The van der Waals surface area contributed by atoms with Crippen molar-refractivity contribution in [1.29, 1.82) is 0 Å². The van der Waals surface area contributed by atoms with Gasteiger partial charge in [-0.25, -0.2) is 4.79 Å². The minimum Gasteiger partial charge on any atom is -0.478 e. The molecule has 0 heterocycles. The maximum absolute atomic E-state index is 12.2. The van der Waals surface area contributed by atoms with E-state index < -0.39 is 5.97 Å². The van der Waals surface area contributed by atoms with Crippen LogP contribution in [0.5, 0.6) is 0 Å². The summed E-state index contributed by atoms with van der Waals surface area (Å²) >= 11 is 0. The van der Waals surface area contributed by atoms with Crippen molar-refractivity contribution in [2.75, 3.05) is 6.54 Å². The molecule has 0 aliphatic heterocycles. The molecule has 4 nitrogen and oxygen atoms in total. The van der Waals surface area contributed by atoms with Gasteiger partial charge in [-0.15, -0.1) is 0 Å². The van der Waals surface area contributed by atoms with Gasteiger partial charge in [0.1, 0.15) is 0 Å². The Balaban J connectivity index is 2.86. The molecule has 1 amide bonds. The van der Waals surface area contributed by atoms with E-state index in [9.17, 15) is 9.59 Å². The number of aliphatic carboxylic acids is 1. The third kappa shape index (κ3) is 5.42. The Morgan fingerprint density at radius 1 is 1.33 bits per heavy atom. The molecule has 0 aliphatic carbocycles. The Morgan fingerprint density at radius 2 is 2.00 bits per heavy atom. The topological polar surface area (TPSA) is 66.4 Å². The fraction of sp³-hybridized carbons (Fsp3) is 0.412. The van der Waals surface area contributed by atoms with Gasteiger partial charge in [-0.2, -0.15) is 0 Å². The molecule has 0 spiro atoms. The van der Waals surface area contributed by atoms with Crippen LogP contribution in [-0.2, 0) is 4.79 Å². The van der Waals surface area contributed by atoms with E-state index in [1.165, 1.54) is 6.08 Å². The van der Waals surface area contributed by atoms with Gasteiger partial charge in [-0.3, -0.25) is 4.79 Å². The van der Waals surface area contributed by atoms with Crippen molar-refractivity contribution >= 4 is 18.0 Å². The van der Waals surface area contributed by atoms with Gasteiger partial charge in [0.05, 0.1) is 0 Å². The van der Waals surface area contributed by atoms with Crippen molar-refractivity contribution < 1.29 is 14.7 Å². The molecule has 21 heavy (non-hydrogen) atoms. The van der Waals surface area contributed by atoms with Crippen LogP contribution in [0.15, 0.2) is 24.3 Å². The minimum absolute atomic E-state index is 0.0619. The van der Waals surface area contributed by atoms with Gasteiger partial charge in [0.15, 0.2) is 0 Å². The Bertz CT molecular complexity index is 559. The van der Waals surface area contributed by atoms with Crippen molar-refractivity contribution in [3.63, 3.8) is 0 Å². The zero-order valence-corrected chi connectivity index (χ0v) is 13.1. The molecule has 0 saturated carbocycles. The number of benzene rings is 1. The predicted molar refractivity (Wildman–Crippen MR) is 84.3 cm³/mol. The molecular weight excluding hydrogens is 266 g/mol. The number of carbonyl (C=O) groups excluding carboxylic acids is 1. The van der Waals surface area contributed by atoms with Crippen LogP contribution in [0.1, 0.15) is 48.7 Å². The van der Waals surface area contributed by atoms with E-state index in [1.807, 2.05) is 13.0 Å². The van der Waals surface area contributed by atoms with Gasteiger partial charge < -0.3 is 10.4 Å². The molecule has 1 rings (SSSR count). The highest BCUT2D eigenvalue weighted by atomic mass is 16.4.